The van der Waals surface area contributed by atoms with Crippen LogP contribution in [0.2, 0.25) is 0 Å². The zero-order valence-electron chi connectivity index (χ0n) is 37.6. The van der Waals surface area contributed by atoms with E-state index in [1.54, 1.807) is 0 Å². The lowest BCUT2D eigenvalue weighted by Gasteiger charge is -2.33. The standard InChI is InChI=1S/C42H76N10O13/c1-2-3-4-5-6-7-8-9-10-11-12-13-14-18-26(50-36(58)25(44)17-15-20-49-41(45)46)37(59)48-22-16-21-47-29(39(60)61)34(65-40-33(57)30(54)27(24-43)63-40)35-31(55)32(56)38(64-35)52-23-19-28(53)51-42(52)62/h19,23,25-27,29-35,38,40,47,54-57H,2-18,20-22,24,43-44H2,1H3,(H,48,59)(H,50,58)(H,60,61)(H4,45,46,49)(H,51,53,62)/t25-,26-,27+,29-,30+,31?,32?,33+,34-,35?,38?,40-/m0/s1. The van der Waals surface area contributed by atoms with Crippen LogP contribution in [0.25, 0.3) is 0 Å². The molecule has 0 bridgehead atoms. The first-order valence-electron chi connectivity index (χ1n) is 23.2. The Morgan fingerprint density at radius 3 is 2.03 bits per heavy atom. The van der Waals surface area contributed by atoms with Gasteiger partial charge in [0.1, 0.15) is 54.8 Å². The number of guanidine groups is 1. The van der Waals surface area contributed by atoms with Crippen LogP contribution in [0.15, 0.2) is 26.8 Å². The molecule has 2 saturated heterocycles. The molecule has 3 rings (SSSR count). The summed E-state index contributed by atoms with van der Waals surface area (Å²) < 4.78 is 18.1. The van der Waals surface area contributed by atoms with Gasteiger partial charge in [0.2, 0.25) is 11.8 Å². The Bertz CT molecular complexity index is 1720. The van der Waals surface area contributed by atoms with E-state index in [1.165, 1.54) is 51.4 Å². The number of hydrogen-bond acceptors (Lipinski definition) is 16. The molecule has 0 aliphatic carbocycles. The molecule has 65 heavy (non-hydrogen) atoms. The van der Waals surface area contributed by atoms with Gasteiger partial charge in [0.25, 0.3) is 5.56 Å². The number of carbonyl (C=O) groups is 3. The number of amides is 2. The third-order valence-corrected chi connectivity index (χ3v) is 11.7. The van der Waals surface area contributed by atoms with Crippen molar-refractivity contribution < 1.29 is 54.1 Å². The second kappa shape index (κ2) is 29.6. The van der Waals surface area contributed by atoms with Crippen molar-refractivity contribution in [2.45, 2.75) is 189 Å². The maximum absolute atomic E-state index is 13.5. The summed E-state index contributed by atoms with van der Waals surface area (Å²) >= 11 is 0. The molecule has 2 amide bonds. The van der Waals surface area contributed by atoms with Crippen molar-refractivity contribution in [1.29, 1.82) is 0 Å². The van der Waals surface area contributed by atoms with Crippen LogP contribution in [-0.4, -0.2) is 152 Å². The van der Waals surface area contributed by atoms with Gasteiger partial charge in [0.05, 0.1) is 6.04 Å². The molecule has 4 unspecified atom stereocenters. The predicted octanol–water partition coefficient (Wildman–Crippen LogP) is -2.16. The molecule has 0 saturated carbocycles. The van der Waals surface area contributed by atoms with Gasteiger partial charge in [0, 0.05) is 31.9 Å². The number of aromatic nitrogens is 2. The number of ether oxygens (including phenoxy) is 3. The van der Waals surface area contributed by atoms with Crippen LogP contribution in [0.5, 0.6) is 0 Å². The normalized spacial score (nSPS) is 24.8. The number of rotatable bonds is 33. The van der Waals surface area contributed by atoms with Gasteiger partial charge in [-0.1, -0.05) is 90.4 Å². The number of aliphatic carboxylic acids is 1. The van der Waals surface area contributed by atoms with E-state index in [0.717, 1.165) is 42.5 Å². The second-order valence-corrected chi connectivity index (χ2v) is 16.9. The summed E-state index contributed by atoms with van der Waals surface area (Å²) in [6, 6.07) is -2.57. The van der Waals surface area contributed by atoms with E-state index in [1.807, 2.05) is 4.98 Å². The van der Waals surface area contributed by atoms with E-state index in [0.29, 0.717) is 25.8 Å². The van der Waals surface area contributed by atoms with E-state index in [-0.39, 0.29) is 38.4 Å². The predicted molar refractivity (Wildman–Crippen MR) is 239 cm³/mol. The van der Waals surface area contributed by atoms with Gasteiger partial charge in [-0.2, -0.15) is 0 Å². The van der Waals surface area contributed by atoms with Gasteiger partial charge in [-0.25, -0.2) is 4.79 Å². The van der Waals surface area contributed by atoms with Crippen LogP contribution in [-0.2, 0) is 28.6 Å². The van der Waals surface area contributed by atoms with Gasteiger partial charge >= 0.3 is 11.7 Å². The van der Waals surface area contributed by atoms with Crippen LogP contribution in [0.4, 0.5) is 0 Å². The summed E-state index contributed by atoms with van der Waals surface area (Å²) in [6.07, 6.45) is 2.44. The Hall–Kier alpha value is -4.04. The maximum Gasteiger partial charge on any atom is 0.330 e. The van der Waals surface area contributed by atoms with Crippen molar-refractivity contribution in [3.05, 3.63) is 33.1 Å². The van der Waals surface area contributed by atoms with Crippen molar-refractivity contribution >= 4 is 23.7 Å². The first kappa shape index (κ1) is 55.3. The van der Waals surface area contributed by atoms with Gasteiger partial charge in [-0.15, -0.1) is 0 Å². The molecule has 2 aliphatic heterocycles. The number of hydrogen-bond donors (Lipinski definition) is 13. The van der Waals surface area contributed by atoms with Crippen molar-refractivity contribution in [2.75, 3.05) is 26.2 Å². The van der Waals surface area contributed by atoms with Gasteiger partial charge in [0.15, 0.2) is 18.5 Å². The molecule has 2 aliphatic rings. The van der Waals surface area contributed by atoms with Crippen LogP contribution in [0.3, 0.4) is 0 Å². The number of nitrogens with two attached hydrogens (primary N) is 4. The minimum atomic E-state index is -1.88. The monoisotopic (exact) mass is 929 g/mol. The van der Waals surface area contributed by atoms with Crippen LogP contribution >= 0.6 is 0 Å². The number of aromatic amines is 1. The number of carboxylic acid groups (broad SMARTS) is 1. The smallest absolute Gasteiger partial charge is 0.330 e. The third-order valence-electron chi connectivity index (χ3n) is 11.7. The molecule has 3 heterocycles. The second-order valence-electron chi connectivity index (χ2n) is 16.9. The lowest BCUT2D eigenvalue weighted by molar-refractivity contribution is -0.228. The number of unbranched alkanes of at least 4 members (excludes halogenated alkanes) is 12. The molecule has 1 aromatic heterocycles. The van der Waals surface area contributed by atoms with Crippen molar-refractivity contribution in [3.8, 4) is 0 Å². The Morgan fingerprint density at radius 1 is 0.831 bits per heavy atom. The van der Waals surface area contributed by atoms with Crippen molar-refractivity contribution in [1.82, 2.24) is 25.5 Å². The first-order chi connectivity index (χ1) is 31.1. The van der Waals surface area contributed by atoms with Gasteiger partial charge < -0.3 is 78.6 Å². The fourth-order valence-corrected chi connectivity index (χ4v) is 7.93. The van der Waals surface area contributed by atoms with E-state index in [4.69, 9.17) is 37.1 Å². The van der Waals surface area contributed by atoms with Crippen molar-refractivity contribution in [2.24, 2.45) is 27.9 Å². The topological polar surface area (TPSA) is 387 Å². The molecular formula is C42H76N10O13. The highest BCUT2D eigenvalue weighted by Gasteiger charge is 2.54. The zero-order chi connectivity index (χ0) is 47.9. The number of aliphatic hydroxyl groups excluding tert-OH is 4. The summed E-state index contributed by atoms with van der Waals surface area (Å²) in [5.74, 6) is -2.55. The largest absolute Gasteiger partial charge is 0.480 e. The van der Waals surface area contributed by atoms with E-state index in [9.17, 15) is 49.5 Å². The highest BCUT2D eigenvalue weighted by atomic mass is 16.7. The number of nitrogens with one attached hydrogen (secondary N) is 4. The number of H-pyrrole nitrogens is 1. The summed E-state index contributed by atoms with van der Waals surface area (Å²) in [4.78, 5) is 69.6. The highest BCUT2D eigenvalue weighted by molar-refractivity contribution is 5.89. The summed E-state index contributed by atoms with van der Waals surface area (Å²) in [5, 5.41) is 62.0. The molecule has 372 valence electrons. The van der Waals surface area contributed by atoms with Gasteiger partial charge in [-0.3, -0.25) is 33.7 Å². The quantitative estimate of drug-likeness (QED) is 0.0203. The molecule has 23 heteroatoms. The molecule has 23 nitrogen and oxygen atoms in total. The van der Waals surface area contributed by atoms with E-state index >= 15 is 0 Å². The maximum atomic E-state index is 13.5. The molecule has 2 fully saturated rings. The molecular weight excluding hydrogens is 853 g/mol. The number of nitrogens with zero attached hydrogens (tertiary/aromatic N) is 2. The number of carboxylic acids is 1. The Kier molecular flexibility index (Phi) is 25.2. The fraction of sp³-hybridized carbons (Fsp3) is 0.810. The molecule has 12 atom stereocenters. The van der Waals surface area contributed by atoms with Gasteiger partial charge in [-0.05, 0) is 32.2 Å². The van der Waals surface area contributed by atoms with Crippen LogP contribution in [0, 0.1) is 0 Å². The van der Waals surface area contributed by atoms with E-state index < -0.39 is 102 Å². The molecule has 0 aromatic carbocycles. The summed E-state index contributed by atoms with van der Waals surface area (Å²) in [5.41, 5.74) is 20.8. The molecule has 0 radical (unpaired) electrons. The third kappa shape index (κ3) is 18.3. The average Bonchev–Trinajstić information content (AvgIpc) is 3.71. The number of carbonyl (C=O) groups excluding carboxylic acids is 2. The SMILES string of the molecule is CCCCCCCCCCCCCCC[C@H](NC(=O)[C@@H](N)CCCN=C(N)N)C(=O)NCCCN[C@H](C(=O)O)[C@H](O[C@@H]1O[C@H](CN)[C@@H](O)[C@H]1O)C1OC(n2ccc(=O)[nH]c2=O)C(O)C1O. The lowest BCUT2D eigenvalue weighted by atomic mass is 9.98. The Labute approximate surface area is 379 Å². The Morgan fingerprint density at radius 2 is 1.46 bits per heavy atom. The summed E-state index contributed by atoms with van der Waals surface area (Å²) in [6.45, 7) is 2.23. The van der Waals surface area contributed by atoms with E-state index in [2.05, 4.69) is 27.9 Å². The molecule has 17 N–H and O–H groups in total. The first-order valence-corrected chi connectivity index (χ1v) is 23.2. The lowest BCUT2D eigenvalue weighted by Crippen LogP contribution is -2.57. The fourth-order valence-electron chi connectivity index (χ4n) is 7.93. The molecule has 0 spiro atoms. The average molecular weight is 929 g/mol. The van der Waals surface area contributed by atoms with Crippen LogP contribution in [0.1, 0.15) is 122 Å². The minimum Gasteiger partial charge on any atom is -0.480 e. The Balaban J connectivity index is 1.63. The molecule has 1 aromatic rings. The number of aliphatic hydroxyl groups is 4. The van der Waals surface area contributed by atoms with Crippen LogP contribution < -0.4 is 50.1 Å². The summed E-state index contributed by atoms with van der Waals surface area (Å²) in [7, 11) is 0. The highest BCUT2D eigenvalue weighted by Crippen LogP contribution is 2.34. The van der Waals surface area contributed by atoms with Crippen molar-refractivity contribution in [3.63, 3.8) is 0 Å². The zero-order valence-corrected chi connectivity index (χ0v) is 37.6. The minimum absolute atomic E-state index is 0.0343. The number of aliphatic imine (C=N–C) groups is 1.